The van der Waals surface area contributed by atoms with Crippen LogP contribution < -0.4 is 5.32 Å². The van der Waals surface area contributed by atoms with Crippen LogP contribution >= 0.6 is 0 Å². The van der Waals surface area contributed by atoms with Crippen LogP contribution in [0.2, 0.25) is 0 Å². The Morgan fingerprint density at radius 1 is 1.32 bits per heavy atom. The van der Waals surface area contributed by atoms with Crippen LogP contribution in [-0.4, -0.2) is 49.1 Å². The Morgan fingerprint density at radius 3 is 2.72 bits per heavy atom. The number of carbonyl (C=O) groups excluding carboxylic acids is 2. The summed E-state index contributed by atoms with van der Waals surface area (Å²) in [5.74, 6) is -0.115. The number of nitrogens with zero attached hydrogens (tertiary/aromatic N) is 1. The van der Waals surface area contributed by atoms with Crippen molar-refractivity contribution in [3.63, 3.8) is 0 Å². The van der Waals surface area contributed by atoms with Gasteiger partial charge in [-0.2, -0.15) is 0 Å². The van der Waals surface area contributed by atoms with Gasteiger partial charge in [-0.05, 0) is 37.3 Å². The SMILES string of the molecule is CCC1(CC)C(NC(=O)CN2CCc3ccccc3C2=O)CC1OC. The summed E-state index contributed by atoms with van der Waals surface area (Å²) in [4.78, 5) is 26.8. The van der Waals surface area contributed by atoms with Gasteiger partial charge in [0.15, 0.2) is 0 Å². The fourth-order valence-electron chi connectivity index (χ4n) is 4.52. The average Bonchev–Trinajstić information content (AvgIpc) is 2.62. The van der Waals surface area contributed by atoms with E-state index in [0.717, 1.165) is 36.8 Å². The minimum Gasteiger partial charge on any atom is -0.381 e. The Hall–Kier alpha value is -1.88. The molecule has 0 aromatic heterocycles. The number of methoxy groups -OCH3 is 1. The molecule has 2 unspecified atom stereocenters. The molecule has 1 fully saturated rings. The first-order chi connectivity index (χ1) is 12.1. The van der Waals surface area contributed by atoms with E-state index in [2.05, 4.69) is 19.2 Å². The lowest BCUT2D eigenvalue weighted by Crippen LogP contribution is -2.65. The number of rotatable bonds is 6. The number of carbonyl (C=O) groups is 2. The van der Waals surface area contributed by atoms with Crippen LogP contribution in [0.5, 0.6) is 0 Å². The molecule has 5 heteroatoms. The smallest absolute Gasteiger partial charge is 0.254 e. The van der Waals surface area contributed by atoms with E-state index < -0.39 is 0 Å². The zero-order valence-corrected chi connectivity index (χ0v) is 15.4. The maximum atomic E-state index is 12.6. The maximum Gasteiger partial charge on any atom is 0.254 e. The van der Waals surface area contributed by atoms with Crippen molar-refractivity contribution in [3.05, 3.63) is 35.4 Å². The number of ether oxygens (including phenoxy) is 1. The van der Waals surface area contributed by atoms with Crippen molar-refractivity contribution in [3.8, 4) is 0 Å². The van der Waals surface area contributed by atoms with Gasteiger partial charge in [-0.1, -0.05) is 32.0 Å². The van der Waals surface area contributed by atoms with Gasteiger partial charge in [-0.15, -0.1) is 0 Å². The lowest BCUT2D eigenvalue weighted by Gasteiger charge is -2.55. The fourth-order valence-corrected chi connectivity index (χ4v) is 4.52. The molecule has 5 nitrogen and oxygen atoms in total. The van der Waals surface area contributed by atoms with Crippen molar-refractivity contribution in [1.29, 1.82) is 0 Å². The van der Waals surface area contributed by atoms with Crippen LogP contribution in [0, 0.1) is 5.41 Å². The van der Waals surface area contributed by atoms with E-state index in [-0.39, 0.29) is 35.9 Å². The first kappa shape index (κ1) is 17.9. The average molecular weight is 344 g/mol. The zero-order chi connectivity index (χ0) is 18.0. The van der Waals surface area contributed by atoms with E-state index >= 15 is 0 Å². The summed E-state index contributed by atoms with van der Waals surface area (Å²) in [6.45, 7) is 5.03. The van der Waals surface area contributed by atoms with Gasteiger partial charge in [0.25, 0.3) is 5.91 Å². The fraction of sp³-hybridized carbons (Fsp3) is 0.600. The van der Waals surface area contributed by atoms with Crippen LogP contribution in [0.15, 0.2) is 24.3 Å². The molecular formula is C20H28N2O3. The second-order valence-electron chi connectivity index (χ2n) is 7.15. The number of fused-ring (bicyclic) bond motifs is 1. The highest BCUT2D eigenvalue weighted by molar-refractivity contribution is 5.98. The van der Waals surface area contributed by atoms with Crippen LogP contribution in [0.4, 0.5) is 0 Å². The van der Waals surface area contributed by atoms with Crippen LogP contribution in [0.3, 0.4) is 0 Å². The second kappa shape index (κ2) is 7.16. The second-order valence-corrected chi connectivity index (χ2v) is 7.15. The van der Waals surface area contributed by atoms with Gasteiger partial charge in [-0.25, -0.2) is 0 Å². The summed E-state index contributed by atoms with van der Waals surface area (Å²) in [7, 11) is 1.74. The molecule has 2 amide bonds. The van der Waals surface area contributed by atoms with Crippen molar-refractivity contribution < 1.29 is 14.3 Å². The van der Waals surface area contributed by atoms with Gasteiger partial charge in [-0.3, -0.25) is 9.59 Å². The number of nitrogens with one attached hydrogen (secondary N) is 1. The Balaban J connectivity index is 1.61. The van der Waals surface area contributed by atoms with E-state index in [4.69, 9.17) is 4.74 Å². The molecule has 2 aliphatic rings. The molecule has 0 radical (unpaired) electrons. The molecule has 1 aliphatic carbocycles. The molecule has 1 heterocycles. The third-order valence-corrected chi connectivity index (χ3v) is 6.24. The third-order valence-electron chi connectivity index (χ3n) is 6.24. The van der Waals surface area contributed by atoms with Gasteiger partial charge < -0.3 is 15.0 Å². The van der Waals surface area contributed by atoms with Crippen LogP contribution in [0.25, 0.3) is 0 Å². The van der Waals surface area contributed by atoms with Crippen molar-refractivity contribution in [2.75, 3.05) is 20.2 Å². The molecule has 0 saturated heterocycles. The molecule has 1 aromatic carbocycles. The van der Waals surface area contributed by atoms with E-state index in [0.29, 0.717) is 6.54 Å². The molecule has 136 valence electrons. The molecular weight excluding hydrogens is 316 g/mol. The molecule has 2 atom stereocenters. The summed E-state index contributed by atoms with van der Waals surface area (Å²) in [6.07, 6.45) is 3.81. The largest absolute Gasteiger partial charge is 0.381 e. The summed E-state index contributed by atoms with van der Waals surface area (Å²) >= 11 is 0. The van der Waals surface area contributed by atoms with E-state index in [1.165, 1.54) is 0 Å². The topological polar surface area (TPSA) is 58.6 Å². The summed E-state index contributed by atoms with van der Waals surface area (Å²) < 4.78 is 5.59. The predicted octanol–water partition coefficient (Wildman–Crippen LogP) is 2.39. The third kappa shape index (κ3) is 3.06. The predicted molar refractivity (Wildman–Crippen MR) is 96.4 cm³/mol. The van der Waals surface area contributed by atoms with E-state index in [9.17, 15) is 9.59 Å². The number of hydrogen-bond acceptors (Lipinski definition) is 3. The minimum absolute atomic E-state index is 0.0168. The number of hydrogen-bond donors (Lipinski definition) is 1. The number of benzene rings is 1. The minimum atomic E-state index is -0.0708. The molecule has 0 bridgehead atoms. The molecule has 1 aromatic rings. The van der Waals surface area contributed by atoms with Gasteiger partial charge in [0.2, 0.25) is 5.91 Å². The molecule has 1 aliphatic heterocycles. The van der Waals surface area contributed by atoms with Crippen molar-refractivity contribution in [1.82, 2.24) is 10.2 Å². The van der Waals surface area contributed by atoms with Gasteiger partial charge in [0.05, 0.1) is 12.6 Å². The Kier molecular flexibility index (Phi) is 5.13. The Labute approximate surface area is 149 Å². The van der Waals surface area contributed by atoms with E-state index in [1.807, 2.05) is 24.3 Å². The maximum absolute atomic E-state index is 12.6. The lowest BCUT2D eigenvalue weighted by molar-refractivity contribution is -0.141. The van der Waals surface area contributed by atoms with Crippen molar-refractivity contribution in [2.45, 2.75) is 51.7 Å². The van der Waals surface area contributed by atoms with Gasteiger partial charge >= 0.3 is 0 Å². The van der Waals surface area contributed by atoms with Gasteiger partial charge in [0.1, 0.15) is 0 Å². The first-order valence-electron chi connectivity index (χ1n) is 9.25. The number of amides is 2. The van der Waals surface area contributed by atoms with Crippen molar-refractivity contribution >= 4 is 11.8 Å². The molecule has 3 rings (SSSR count). The monoisotopic (exact) mass is 344 g/mol. The zero-order valence-electron chi connectivity index (χ0n) is 15.4. The lowest BCUT2D eigenvalue weighted by atomic mass is 9.58. The molecule has 1 N–H and O–H groups in total. The highest BCUT2D eigenvalue weighted by Gasteiger charge is 2.53. The molecule has 1 saturated carbocycles. The van der Waals surface area contributed by atoms with Crippen LogP contribution in [-0.2, 0) is 16.0 Å². The normalized spacial score (nSPS) is 24.4. The van der Waals surface area contributed by atoms with E-state index in [1.54, 1.807) is 12.0 Å². The molecule has 0 spiro atoms. The summed E-state index contributed by atoms with van der Waals surface area (Å²) in [5.41, 5.74) is 1.81. The Morgan fingerprint density at radius 2 is 2.04 bits per heavy atom. The Bertz CT molecular complexity index is 654. The quantitative estimate of drug-likeness (QED) is 0.862. The first-order valence-corrected chi connectivity index (χ1v) is 9.25. The summed E-state index contributed by atoms with van der Waals surface area (Å²) in [5, 5.41) is 3.15. The van der Waals surface area contributed by atoms with Crippen LogP contribution in [0.1, 0.15) is 49.0 Å². The standard InChI is InChI=1S/C20H28N2O3/c1-4-20(5-2)16(12-17(20)25-3)21-18(23)13-22-11-10-14-8-6-7-9-15(14)19(22)24/h6-9,16-17H,4-5,10-13H2,1-3H3,(H,21,23). The summed E-state index contributed by atoms with van der Waals surface area (Å²) in [6, 6.07) is 7.78. The van der Waals surface area contributed by atoms with Gasteiger partial charge in [0, 0.05) is 30.7 Å². The highest BCUT2D eigenvalue weighted by Crippen LogP contribution is 2.48. The van der Waals surface area contributed by atoms with Crippen molar-refractivity contribution in [2.24, 2.45) is 5.41 Å². The highest BCUT2D eigenvalue weighted by atomic mass is 16.5. The molecule has 25 heavy (non-hydrogen) atoms.